The molecule has 0 bridgehead atoms. The van der Waals surface area contributed by atoms with E-state index in [0.717, 1.165) is 19.3 Å². The minimum atomic E-state index is -1.29. The lowest BCUT2D eigenvalue weighted by Gasteiger charge is -2.48. The van der Waals surface area contributed by atoms with Crippen LogP contribution in [0.15, 0.2) is 23.1 Å². The zero-order valence-electron chi connectivity index (χ0n) is 13.9. The first-order valence-corrected chi connectivity index (χ1v) is 8.56. The van der Waals surface area contributed by atoms with Gasteiger partial charge in [-0.3, -0.25) is 4.79 Å². The van der Waals surface area contributed by atoms with Crippen molar-refractivity contribution >= 4 is 22.6 Å². The summed E-state index contributed by atoms with van der Waals surface area (Å²) >= 11 is 0. The first kappa shape index (κ1) is 16.1. The topological polar surface area (TPSA) is 88.6 Å². The van der Waals surface area contributed by atoms with Gasteiger partial charge in [-0.1, -0.05) is 6.92 Å². The van der Waals surface area contributed by atoms with Gasteiger partial charge in [0.05, 0.1) is 11.2 Å². The van der Waals surface area contributed by atoms with Crippen molar-refractivity contribution in [2.24, 2.45) is 5.73 Å². The van der Waals surface area contributed by atoms with Gasteiger partial charge in [-0.25, -0.2) is 9.18 Å². The summed E-state index contributed by atoms with van der Waals surface area (Å²) < 4.78 is 16.5. The molecule has 0 radical (unpaired) electrons. The van der Waals surface area contributed by atoms with Crippen LogP contribution in [-0.2, 0) is 0 Å². The summed E-state index contributed by atoms with van der Waals surface area (Å²) in [5, 5.41) is 9.39. The molecule has 0 unspecified atom stereocenters. The number of fused-ring (bicyclic) bond motifs is 1. The molecule has 2 fully saturated rings. The number of aromatic nitrogens is 1. The van der Waals surface area contributed by atoms with E-state index in [1.165, 1.54) is 12.3 Å². The number of aromatic carboxylic acids is 1. The maximum absolute atomic E-state index is 14.7. The second-order valence-electron chi connectivity index (χ2n) is 6.93. The van der Waals surface area contributed by atoms with Crippen LogP contribution in [0.2, 0.25) is 0 Å². The largest absolute Gasteiger partial charge is 0.477 e. The van der Waals surface area contributed by atoms with Crippen molar-refractivity contribution in [2.45, 2.75) is 44.3 Å². The third-order valence-electron chi connectivity index (χ3n) is 5.30. The number of rotatable bonds is 4. The highest BCUT2D eigenvalue weighted by Gasteiger charge is 2.37. The first-order chi connectivity index (χ1) is 11.9. The van der Waals surface area contributed by atoms with E-state index in [1.54, 1.807) is 6.07 Å². The van der Waals surface area contributed by atoms with Crippen molar-refractivity contribution in [1.82, 2.24) is 4.57 Å². The highest BCUT2D eigenvalue weighted by molar-refractivity contribution is 5.93. The second kappa shape index (κ2) is 5.56. The Morgan fingerprint density at radius 2 is 2.12 bits per heavy atom. The molecule has 0 spiro atoms. The number of anilines is 1. The van der Waals surface area contributed by atoms with E-state index in [2.05, 4.69) is 0 Å². The lowest BCUT2D eigenvalue weighted by Crippen LogP contribution is -2.64. The molecule has 1 aliphatic heterocycles. The number of nitrogens with two attached hydrogens (primary N) is 1. The van der Waals surface area contributed by atoms with Gasteiger partial charge in [0.2, 0.25) is 5.43 Å². The Morgan fingerprint density at radius 3 is 2.68 bits per heavy atom. The number of carbonyl (C=O) groups is 1. The molecule has 0 amide bonds. The summed E-state index contributed by atoms with van der Waals surface area (Å²) in [6.07, 6.45) is 4.06. The Morgan fingerprint density at radius 1 is 1.40 bits per heavy atom. The molecule has 1 aromatic heterocycles. The van der Waals surface area contributed by atoms with E-state index < -0.39 is 17.2 Å². The molecule has 25 heavy (non-hydrogen) atoms. The minimum absolute atomic E-state index is 0.0140. The van der Waals surface area contributed by atoms with E-state index in [9.17, 15) is 19.1 Å². The molecule has 2 heterocycles. The fraction of sp³-hybridized carbons (Fsp3) is 0.444. The molecule has 7 heteroatoms. The number of halogens is 1. The molecule has 1 saturated heterocycles. The van der Waals surface area contributed by atoms with Gasteiger partial charge in [-0.15, -0.1) is 0 Å². The van der Waals surface area contributed by atoms with Crippen molar-refractivity contribution in [3.8, 4) is 0 Å². The lowest BCUT2D eigenvalue weighted by atomic mass is 9.93. The molecule has 2 aromatic rings. The zero-order chi connectivity index (χ0) is 17.9. The molecule has 1 saturated carbocycles. The van der Waals surface area contributed by atoms with Crippen LogP contribution in [0.1, 0.15) is 42.6 Å². The number of pyridine rings is 1. The first-order valence-electron chi connectivity index (χ1n) is 8.56. The standard InChI is InChI=1S/C18H20FN3O3/c1-2-14-13(20)8-22(14)16-6-15-10(5-12(16)19)17(23)11(18(24)25)7-21(15)9-3-4-9/h5-7,9,13-14H,2-4,8,20H2,1H3,(H,24,25)/t13-,14-/m0/s1. The molecule has 132 valence electrons. The summed E-state index contributed by atoms with van der Waals surface area (Å²) in [4.78, 5) is 25.7. The normalized spacial score (nSPS) is 22.9. The molecule has 1 aliphatic carbocycles. The van der Waals surface area contributed by atoms with Gasteiger partial charge in [0, 0.05) is 36.3 Å². The fourth-order valence-electron chi connectivity index (χ4n) is 3.76. The van der Waals surface area contributed by atoms with Gasteiger partial charge >= 0.3 is 5.97 Å². The van der Waals surface area contributed by atoms with Gasteiger partial charge in [0.1, 0.15) is 11.4 Å². The van der Waals surface area contributed by atoms with Gasteiger partial charge in [-0.2, -0.15) is 0 Å². The van der Waals surface area contributed by atoms with E-state index >= 15 is 0 Å². The molecule has 2 atom stereocenters. The predicted octanol–water partition coefficient (Wildman–Crippen LogP) is 2.10. The van der Waals surface area contributed by atoms with Crippen molar-refractivity contribution in [2.75, 3.05) is 11.4 Å². The third-order valence-corrected chi connectivity index (χ3v) is 5.30. The Labute approximate surface area is 143 Å². The van der Waals surface area contributed by atoms with Crippen LogP contribution in [0.5, 0.6) is 0 Å². The van der Waals surface area contributed by atoms with Crippen LogP contribution in [0.4, 0.5) is 10.1 Å². The van der Waals surface area contributed by atoms with E-state index in [0.29, 0.717) is 17.7 Å². The Balaban J connectivity index is 1.93. The van der Waals surface area contributed by atoms with Crippen molar-refractivity contribution in [3.05, 3.63) is 39.9 Å². The van der Waals surface area contributed by atoms with Crippen LogP contribution in [0, 0.1) is 5.82 Å². The Hall–Kier alpha value is -2.41. The third kappa shape index (κ3) is 2.41. The maximum Gasteiger partial charge on any atom is 0.341 e. The Bertz CT molecular complexity index is 935. The van der Waals surface area contributed by atoms with E-state index in [4.69, 9.17) is 5.73 Å². The van der Waals surface area contributed by atoms with Gasteiger partial charge < -0.3 is 20.3 Å². The van der Waals surface area contributed by atoms with Crippen LogP contribution in [0.25, 0.3) is 10.9 Å². The molecular weight excluding hydrogens is 325 g/mol. The Kier molecular flexibility index (Phi) is 3.57. The zero-order valence-corrected chi connectivity index (χ0v) is 13.9. The van der Waals surface area contributed by atoms with Gasteiger partial charge in [0.25, 0.3) is 0 Å². The summed E-state index contributed by atoms with van der Waals surface area (Å²) in [5.74, 6) is -1.80. The summed E-state index contributed by atoms with van der Waals surface area (Å²) in [6.45, 7) is 2.58. The number of benzene rings is 1. The summed E-state index contributed by atoms with van der Waals surface area (Å²) in [5.41, 5.74) is 6.06. The number of hydrogen-bond acceptors (Lipinski definition) is 4. The highest BCUT2D eigenvalue weighted by Crippen LogP contribution is 2.39. The van der Waals surface area contributed by atoms with Crippen LogP contribution < -0.4 is 16.1 Å². The number of carboxylic acid groups (broad SMARTS) is 1. The smallest absolute Gasteiger partial charge is 0.341 e. The molecule has 2 aliphatic rings. The molecule has 3 N–H and O–H groups in total. The van der Waals surface area contributed by atoms with Crippen LogP contribution in [-0.4, -0.2) is 34.3 Å². The molecular formula is C18H20FN3O3. The number of nitrogens with zero attached hydrogens (tertiary/aromatic N) is 2. The monoisotopic (exact) mass is 345 g/mol. The molecule has 4 rings (SSSR count). The average Bonchev–Trinajstić information content (AvgIpc) is 3.38. The van der Waals surface area contributed by atoms with Crippen molar-refractivity contribution < 1.29 is 14.3 Å². The lowest BCUT2D eigenvalue weighted by molar-refractivity contribution is 0.0695. The number of carboxylic acids is 1. The van der Waals surface area contributed by atoms with Crippen LogP contribution >= 0.6 is 0 Å². The number of hydrogen-bond donors (Lipinski definition) is 2. The summed E-state index contributed by atoms with van der Waals surface area (Å²) in [7, 11) is 0. The summed E-state index contributed by atoms with van der Waals surface area (Å²) in [6, 6.07) is 3.10. The molecule has 6 nitrogen and oxygen atoms in total. The fourth-order valence-corrected chi connectivity index (χ4v) is 3.76. The SMILES string of the molecule is CC[C@H]1[C@@H](N)CN1c1cc2c(cc1F)c(=O)c(C(=O)O)cn2C1CC1. The predicted molar refractivity (Wildman–Crippen MR) is 92.8 cm³/mol. The molecule has 1 aromatic carbocycles. The van der Waals surface area contributed by atoms with E-state index in [1.807, 2.05) is 16.4 Å². The van der Waals surface area contributed by atoms with Crippen LogP contribution in [0.3, 0.4) is 0 Å². The van der Waals surface area contributed by atoms with Gasteiger partial charge in [-0.05, 0) is 31.4 Å². The van der Waals surface area contributed by atoms with Crippen molar-refractivity contribution in [1.29, 1.82) is 0 Å². The second-order valence-corrected chi connectivity index (χ2v) is 6.93. The quantitative estimate of drug-likeness (QED) is 0.886. The minimum Gasteiger partial charge on any atom is -0.477 e. The highest BCUT2D eigenvalue weighted by atomic mass is 19.1. The van der Waals surface area contributed by atoms with Crippen molar-refractivity contribution in [3.63, 3.8) is 0 Å². The maximum atomic E-state index is 14.7. The average molecular weight is 345 g/mol. The van der Waals surface area contributed by atoms with E-state index in [-0.39, 0.29) is 29.1 Å². The van der Waals surface area contributed by atoms with Gasteiger partial charge in [0.15, 0.2) is 0 Å².